The molecule has 0 saturated carbocycles. The maximum absolute atomic E-state index is 8.97. The number of hydrogen-bond donors (Lipinski definition) is 0. The quantitative estimate of drug-likeness (QED) is 0.113. The van der Waals surface area contributed by atoms with Crippen LogP contribution in [0.4, 0.5) is 5.69 Å². The maximum atomic E-state index is 8.97. The molecule has 3 aromatic heterocycles. The van der Waals surface area contributed by atoms with Gasteiger partial charge < -0.3 is 18.8 Å². The first kappa shape index (κ1) is 26.2. The molecule has 278 valence electrons. The molecule has 7 heteroatoms. The van der Waals surface area contributed by atoms with Gasteiger partial charge in [-0.2, -0.15) is 18.2 Å². The normalized spacial score (nSPS) is 13.6. The molecule has 0 aliphatic carbocycles. The second-order valence-corrected chi connectivity index (χ2v) is 13.2. The number of nitrogens with zero attached hydrogens (tertiary/aromatic N) is 5. The first-order chi connectivity index (χ1) is 31.7. The number of hydrogen-bond acceptors (Lipinski definition) is 3. The number of rotatable bonds is 8. The summed E-state index contributed by atoms with van der Waals surface area (Å²) in [6.07, 6.45) is 5.17. The Hall–Kier alpha value is -6.75. The van der Waals surface area contributed by atoms with E-state index in [1.165, 1.54) is 0 Å². The Kier molecular flexibility index (Phi) is 6.91. The van der Waals surface area contributed by atoms with Gasteiger partial charge in [0.1, 0.15) is 5.82 Å². The third-order valence-corrected chi connectivity index (χ3v) is 9.61. The van der Waals surface area contributed by atoms with Crippen molar-refractivity contribution in [1.82, 2.24) is 14.1 Å². The number of fused-ring (bicyclic) bond motifs is 4. The average Bonchev–Trinajstić information content (AvgIpc) is 3.88. The summed E-state index contributed by atoms with van der Waals surface area (Å²) in [6.45, 7) is 0. The molecule has 0 saturated heterocycles. The van der Waals surface area contributed by atoms with Crippen LogP contribution in [-0.2, 0) is 21.1 Å². The van der Waals surface area contributed by atoms with Gasteiger partial charge in [-0.05, 0) is 45.5 Å². The Morgan fingerprint density at radius 2 is 1.33 bits per heavy atom. The Morgan fingerprint density at radius 1 is 0.667 bits per heavy atom. The summed E-state index contributed by atoms with van der Waals surface area (Å²) in [4.78, 5) is 6.75. The second-order valence-electron chi connectivity index (χ2n) is 13.2. The number of benzene rings is 7. The molecule has 6 nitrogen and oxygen atoms in total. The summed E-state index contributed by atoms with van der Waals surface area (Å²) in [5.74, 6) is 1.51. The van der Waals surface area contributed by atoms with Gasteiger partial charge in [0.2, 0.25) is 0 Å². The molecule has 0 radical (unpaired) electrons. The van der Waals surface area contributed by atoms with Gasteiger partial charge in [-0.1, -0.05) is 127 Å². The Labute approximate surface area is 359 Å². The number of imidazole rings is 1. The van der Waals surface area contributed by atoms with E-state index in [4.69, 9.17) is 23.4 Å². The first-order valence-electron chi connectivity index (χ1n) is 22.8. The average molecular weight is 927 g/mol. The van der Waals surface area contributed by atoms with Gasteiger partial charge in [0.15, 0.2) is 0 Å². The molecule has 3 heterocycles. The third-order valence-electron chi connectivity index (χ3n) is 9.61. The van der Waals surface area contributed by atoms with Crippen molar-refractivity contribution in [3.8, 4) is 50.9 Å². The molecule has 57 heavy (non-hydrogen) atoms. The number of aromatic nitrogens is 4. The van der Waals surface area contributed by atoms with Crippen LogP contribution in [0, 0.1) is 18.5 Å². The van der Waals surface area contributed by atoms with E-state index in [0.717, 1.165) is 33.3 Å². The largest absolute Gasteiger partial charge is 0.510 e. The predicted octanol–water partition coefficient (Wildman–Crippen LogP) is 11.0. The molecule has 0 unspecified atom stereocenters. The van der Waals surface area contributed by atoms with Crippen LogP contribution in [0.25, 0.3) is 72.3 Å². The molecule has 0 amide bonds. The van der Waals surface area contributed by atoms with Gasteiger partial charge in [-0.3, -0.25) is 4.57 Å². The van der Waals surface area contributed by atoms with Crippen molar-refractivity contribution in [2.45, 2.75) is 0 Å². The minimum atomic E-state index is -0.572. The number of ether oxygens (including phenoxy) is 1. The van der Waals surface area contributed by atoms with Crippen molar-refractivity contribution in [2.75, 3.05) is 19.0 Å². The van der Waals surface area contributed by atoms with E-state index in [9.17, 15) is 0 Å². The van der Waals surface area contributed by atoms with Crippen LogP contribution in [0.15, 0.2) is 176 Å². The molecule has 0 aliphatic heterocycles. The zero-order chi connectivity index (χ0) is 46.3. The summed E-state index contributed by atoms with van der Waals surface area (Å²) < 4.78 is 98.5. The van der Waals surface area contributed by atoms with Crippen molar-refractivity contribution in [1.29, 1.82) is 0 Å². The van der Waals surface area contributed by atoms with Gasteiger partial charge in [0, 0.05) is 70.1 Å². The van der Waals surface area contributed by atoms with E-state index in [0.29, 0.717) is 28.2 Å². The summed E-state index contributed by atoms with van der Waals surface area (Å²) >= 11 is 0. The predicted molar refractivity (Wildman–Crippen MR) is 225 cm³/mol. The van der Waals surface area contributed by atoms with Crippen LogP contribution in [0.2, 0.25) is 0 Å². The zero-order valence-corrected chi connectivity index (χ0v) is 32.7. The van der Waals surface area contributed by atoms with E-state index >= 15 is 0 Å². The number of pyridine rings is 1. The van der Waals surface area contributed by atoms with Gasteiger partial charge >= 0.3 is 0 Å². The van der Waals surface area contributed by atoms with Crippen LogP contribution >= 0.6 is 0 Å². The fourth-order valence-electron chi connectivity index (χ4n) is 7.09. The molecular weight excluding hydrogens is 882 g/mol. The van der Waals surface area contributed by atoms with Crippen LogP contribution < -0.4 is 14.2 Å². The van der Waals surface area contributed by atoms with Crippen molar-refractivity contribution in [3.63, 3.8) is 0 Å². The summed E-state index contributed by atoms with van der Waals surface area (Å²) in [5.41, 5.74) is 4.54. The fraction of sp³-hybridized carbons (Fsp3) is 0.0400. The molecule has 0 bridgehead atoms. The molecule has 7 aromatic carbocycles. The smallest absolute Gasteiger partial charge is 0.268 e. The van der Waals surface area contributed by atoms with E-state index < -0.39 is 60.4 Å². The van der Waals surface area contributed by atoms with Gasteiger partial charge in [0.25, 0.3) is 6.33 Å². The van der Waals surface area contributed by atoms with E-state index in [-0.39, 0.29) is 49.0 Å². The van der Waals surface area contributed by atoms with Gasteiger partial charge in [-0.15, -0.1) is 29.7 Å². The van der Waals surface area contributed by atoms with Crippen LogP contribution in [-0.4, -0.2) is 28.2 Å². The maximum Gasteiger partial charge on any atom is 0.268 e. The van der Waals surface area contributed by atoms with E-state index in [1.54, 1.807) is 57.8 Å². The molecule has 10 aromatic rings. The number of anilines is 1. The zero-order valence-electron chi connectivity index (χ0n) is 40.4. The van der Waals surface area contributed by atoms with E-state index in [2.05, 4.69) is 29.1 Å². The van der Waals surface area contributed by atoms with Gasteiger partial charge in [0.05, 0.1) is 30.4 Å². The van der Waals surface area contributed by atoms with Crippen LogP contribution in [0.5, 0.6) is 11.5 Å². The van der Waals surface area contributed by atoms with Crippen molar-refractivity contribution < 1.29 is 44.1 Å². The fourth-order valence-corrected chi connectivity index (χ4v) is 7.09. The van der Waals surface area contributed by atoms with Crippen molar-refractivity contribution in [2.24, 2.45) is 0 Å². The monoisotopic (exact) mass is 926 g/mol. The molecule has 0 N–H and O–H groups in total. The molecule has 0 spiro atoms. The topological polar surface area (TPSA) is 39.1 Å². The number of para-hydroxylation sites is 4. The third kappa shape index (κ3) is 6.48. The molecule has 0 atom stereocenters. The Morgan fingerprint density at radius 3 is 2.07 bits per heavy atom. The van der Waals surface area contributed by atoms with Crippen LogP contribution in [0.3, 0.4) is 0 Å². The summed E-state index contributed by atoms with van der Waals surface area (Å²) in [6, 6.07) is 34.9. The second kappa shape index (κ2) is 15.1. The Balaban J connectivity index is 0.00000562. The van der Waals surface area contributed by atoms with Crippen molar-refractivity contribution >= 4 is 38.5 Å². The van der Waals surface area contributed by atoms with Gasteiger partial charge in [-0.25, -0.2) is 4.98 Å². The minimum absolute atomic E-state index is 0. The molecule has 0 fully saturated rings. The first-order valence-corrected chi connectivity index (χ1v) is 17.8. The van der Waals surface area contributed by atoms with Crippen molar-refractivity contribution in [3.05, 3.63) is 194 Å². The molecular formula is C50H35N5OPt-2. The molecule has 10 rings (SSSR count). The minimum Gasteiger partial charge on any atom is -0.510 e. The van der Waals surface area contributed by atoms with Crippen LogP contribution in [0.1, 0.15) is 13.7 Å². The summed E-state index contributed by atoms with van der Waals surface area (Å²) in [5, 5.41) is 2.00. The standard InChI is InChI=1S/C50H35N5O.Pt/c1-52(2)37-29-30-51-49(32-37)55-45-24-10-9-21-43(45)44-28-27-40(33-48(44)55)56-39-20-13-19-38(31-39)53-34-54(47-26-12-11-25-46(47)53)50-41(35-15-5-3-6-16-35)22-14-23-42(50)36-17-7-4-8-18-36;/h3-30,32H,1-2H3;/q-2;/i3D,4D,5D,6D,7D,8D,15D,16D,17D,18D;. The Bertz CT molecular complexity index is 3500. The SMILES string of the molecule is [2H]c1c([2H])c([2H])c(-c2cccc(-c3c([2H])c([2H])c([2H])c([2H])c3[2H])c2-[n+]2[c-]n(-c3[c-]c(Oc4[c-]c5c(cc4)c4ccccc4n5-c4cc(N(C)C)ccn4)ccc3)c3ccccc32)c([2H])c1[2H].[Pt]. The molecule has 0 aliphatic rings. The summed E-state index contributed by atoms with van der Waals surface area (Å²) in [7, 11) is 3.96. The van der Waals surface area contributed by atoms with E-state index in [1.807, 2.05) is 79.7 Å².